The zero-order valence-corrected chi connectivity index (χ0v) is 15.7. The van der Waals surface area contributed by atoms with Crippen LogP contribution in [0.5, 0.6) is 5.75 Å². The van der Waals surface area contributed by atoms with Crippen LogP contribution in [0.4, 0.5) is 0 Å². The summed E-state index contributed by atoms with van der Waals surface area (Å²) in [6.07, 6.45) is 5.13. The number of rotatable bonds is 10. The highest BCUT2D eigenvalue weighted by Gasteiger charge is 2.22. The molecule has 2 fully saturated rings. The van der Waals surface area contributed by atoms with Crippen LogP contribution in [0.1, 0.15) is 31.2 Å². The molecule has 2 N–H and O–H groups in total. The lowest BCUT2D eigenvalue weighted by Gasteiger charge is -2.15. The predicted molar refractivity (Wildman–Crippen MR) is 103 cm³/mol. The van der Waals surface area contributed by atoms with Crippen molar-refractivity contribution in [3.8, 4) is 5.75 Å². The highest BCUT2D eigenvalue weighted by molar-refractivity contribution is 5.79. The minimum Gasteiger partial charge on any atom is -0.493 e. The van der Waals surface area contributed by atoms with Gasteiger partial charge in [0.15, 0.2) is 5.96 Å². The van der Waals surface area contributed by atoms with Crippen LogP contribution < -0.4 is 15.4 Å². The Morgan fingerprint density at radius 3 is 2.85 bits per heavy atom. The average molecular weight is 361 g/mol. The summed E-state index contributed by atoms with van der Waals surface area (Å²) < 4.78 is 17.2. The Labute approximate surface area is 156 Å². The maximum atomic E-state index is 5.96. The Morgan fingerprint density at radius 2 is 2.08 bits per heavy atom. The van der Waals surface area contributed by atoms with Crippen molar-refractivity contribution in [1.82, 2.24) is 10.6 Å². The van der Waals surface area contributed by atoms with Gasteiger partial charge < -0.3 is 24.8 Å². The van der Waals surface area contributed by atoms with Gasteiger partial charge in [0.1, 0.15) is 5.75 Å². The van der Waals surface area contributed by atoms with Gasteiger partial charge in [-0.3, -0.25) is 4.99 Å². The molecule has 1 saturated heterocycles. The van der Waals surface area contributed by atoms with E-state index >= 15 is 0 Å². The maximum absolute atomic E-state index is 5.96. The van der Waals surface area contributed by atoms with Crippen LogP contribution in [0.2, 0.25) is 0 Å². The van der Waals surface area contributed by atoms with E-state index in [9.17, 15) is 0 Å². The molecule has 1 aromatic carbocycles. The molecule has 144 valence electrons. The van der Waals surface area contributed by atoms with Crippen LogP contribution in [-0.4, -0.2) is 52.1 Å². The van der Waals surface area contributed by atoms with Crippen molar-refractivity contribution >= 4 is 5.96 Å². The first-order valence-corrected chi connectivity index (χ1v) is 9.69. The van der Waals surface area contributed by atoms with E-state index in [-0.39, 0.29) is 6.10 Å². The number of nitrogens with one attached hydrogen (secondary N) is 2. The highest BCUT2D eigenvalue weighted by Crippen LogP contribution is 2.30. The molecule has 1 aromatic rings. The van der Waals surface area contributed by atoms with Gasteiger partial charge in [0.05, 0.1) is 25.9 Å². The normalized spacial score (nSPS) is 20.2. The van der Waals surface area contributed by atoms with E-state index in [0.29, 0.717) is 26.3 Å². The van der Waals surface area contributed by atoms with Gasteiger partial charge >= 0.3 is 0 Å². The quantitative estimate of drug-likeness (QED) is 0.380. The zero-order valence-electron chi connectivity index (χ0n) is 15.7. The number of hydrogen-bond donors (Lipinski definition) is 2. The summed E-state index contributed by atoms with van der Waals surface area (Å²) in [5.41, 5.74) is 1.14. The molecule has 0 spiro atoms. The van der Waals surface area contributed by atoms with Crippen LogP contribution in [-0.2, 0) is 16.0 Å². The number of ether oxygens (including phenoxy) is 3. The van der Waals surface area contributed by atoms with Crippen LogP contribution in [0.25, 0.3) is 0 Å². The van der Waals surface area contributed by atoms with E-state index in [0.717, 1.165) is 49.2 Å². The fourth-order valence-corrected chi connectivity index (χ4v) is 2.91. The lowest BCUT2D eigenvalue weighted by molar-refractivity contribution is 0.0191. The second-order valence-corrected chi connectivity index (χ2v) is 6.92. The second-order valence-electron chi connectivity index (χ2n) is 6.92. The van der Waals surface area contributed by atoms with E-state index in [4.69, 9.17) is 14.2 Å². The van der Waals surface area contributed by atoms with Crippen LogP contribution in [0.3, 0.4) is 0 Å². The van der Waals surface area contributed by atoms with Crippen molar-refractivity contribution in [3.63, 3.8) is 0 Å². The van der Waals surface area contributed by atoms with E-state index in [2.05, 4.69) is 21.7 Å². The monoisotopic (exact) mass is 361 g/mol. The molecule has 0 radical (unpaired) electrons. The van der Waals surface area contributed by atoms with Gasteiger partial charge in [-0.2, -0.15) is 0 Å². The number of aliphatic imine (C=N–C) groups is 1. The summed E-state index contributed by atoms with van der Waals surface area (Å²) in [6.45, 7) is 4.41. The Balaban J connectivity index is 1.34. The number of hydrogen-bond acceptors (Lipinski definition) is 4. The molecule has 3 rings (SSSR count). The zero-order chi connectivity index (χ0) is 18.0. The highest BCUT2D eigenvalue weighted by atomic mass is 16.5. The van der Waals surface area contributed by atoms with Gasteiger partial charge in [-0.25, -0.2) is 0 Å². The van der Waals surface area contributed by atoms with Gasteiger partial charge in [0, 0.05) is 32.3 Å². The molecule has 0 amide bonds. The number of para-hydroxylation sites is 1. The fourth-order valence-electron chi connectivity index (χ4n) is 2.91. The van der Waals surface area contributed by atoms with Crippen molar-refractivity contribution in [3.05, 3.63) is 29.8 Å². The van der Waals surface area contributed by atoms with Gasteiger partial charge in [0.25, 0.3) is 0 Å². The molecule has 1 unspecified atom stereocenters. The number of guanidine groups is 1. The molecular weight excluding hydrogens is 330 g/mol. The summed E-state index contributed by atoms with van der Waals surface area (Å²) in [6, 6.07) is 8.18. The molecule has 26 heavy (non-hydrogen) atoms. The molecule has 0 aromatic heterocycles. The van der Waals surface area contributed by atoms with E-state index < -0.39 is 0 Å². The van der Waals surface area contributed by atoms with Crippen molar-refractivity contribution in [2.75, 3.05) is 40.0 Å². The molecule has 0 bridgehead atoms. The molecular formula is C20H31N3O3. The van der Waals surface area contributed by atoms with Crippen molar-refractivity contribution in [2.24, 2.45) is 10.9 Å². The smallest absolute Gasteiger partial charge is 0.191 e. The first-order chi connectivity index (χ1) is 12.8. The molecule has 1 aliphatic heterocycles. The van der Waals surface area contributed by atoms with Crippen LogP contribution in [0.15, 0.2) is 29.3 Å². The molecule has 1 saturated carbocycles. The minimum atomic E-state index is 0.277. The Kier molecular flexibility index (Phi) is 7.58. The SMILES string of the molecule is CN=C(NCCOCC1CCCO1)NCc1ccccc1OCC1CC1. The molecule has 1 heterocycles. The standard InChI is InChI=1S/C20H31N3O3/c1-21-20(22-10-12-24-15-18-6-4-11-25-18)23-13-17-5-2-3-7-19(17)26-14-16-8-9-16/h2-3,5,7,16,18H,4,6,8-15H2,1H3,(H2,21,22,23). The summed E-state index contributed by atoms with van der Waals surface area (Å²) in [5, 5.41) is 6.62. The van der Waals surface area contributed by atoms with Crippen LogP contribution >= 0.6 is 0 Å². The lowest BCUT2D eigenvalue weighted by Crippen LogP contribution is -2.38. The van der Waals surface area contributed by atoms with Gasteiger partial charge in [-0.1, -0.05) is 18.2 Å². The van der Waals surface area contributed by atoms with Crippen molar-refractivity contribution in [1.29, 1.82) is 0 Å². The summed E-state index contributed by atoms with van der Waals surface area (Å²) in [4.78, 5) is 4.27. The number of benzene rings is 1. The van der Waals surface area contributed by atoms with E-state index in [1.807, 2.05) is 18.2 Å². The van der Waals surface area contributed by atoms with Crippen molar-refractivity contribution in [2.45, 2.75) is 38.3 Å². The average Bonchev–Trinajstić information content (AvgIpc) is 3.36. The molecule has 2 aliphatic rings. The molecule has 1 aliphatic carbocycles. The summed E-state index contributed by atoms with van der Waals surface area (Å²) in [7, 11) is 1.78. The third-order valence-electron chi connectivity index (χ3n) is 4.68. The Hall–Kier alpha value is -1.79. The first kappa shape index (κ1) is 19.0. The Bertz CT molecular complexity index is 569. The minimum absolute atomic E-state index is 0.277. The first-order valence-electron chi connectivity index (χ1n) is 9.69. The Morgan fingerprint density at radius 1 is 1.19 bits per heavy atom. The van der Waals surface area contributed by atoms with Crippen molar-refractivity contribution < 1.29 is 14.2 Å². The topological polar surface area (TPSA) is 64.1 Å². The van der Waals surface area contributed by atoms with E-state index in [1.165, 1.54) is 12.8 Å². The van der Waals surface area contributed by atoms with Crippen LogP contribution in [0, 0.1) is 5.92 Å². The largest absolute Gasteiger partial charge is 0.493 e. The molecule has 6 nitrogen and oxygen atoms in total. The molecule has 1 atom stereocenters. The summed E-state index contributed by atoms with van der Waals surface area (Å²) in [5.74, 6) is 2.48. The fraction of sp³-hybridized carbons (Fsp3) is 0.650. The predicted octanol–water partition coefficient (Wildman–Crippen LogP) is 2.34. The third-order valence-corrected chi connectivity index (χ3v) is 4.68. The lowest BCUT2D eigenvalue weighted by atomic mass is 10.2. The van der Waals surface area contributed by atoms with Gasteiger partial charge in [0.2, 0.25) is 0 Å². The van der Waals surface area contributed by atoms with Gasteiger partial charge in [-0.15, -0.1) is 0 Å². The third kappa shape index (κ3) is 6.50. The van der Waals surface area contributed by atoms with E-state index in [1.54, 1.807) is 7.05 Å². The number of nitrogens with zero attached hydrogens (tertiary/aromatic N) is 1. The summed E-state index contributed by atoms with van der Waals surface area (Å²) >= 11 is 0. The maximum Gasteiger partial charge on any atom is 0.191 e. The second kappa shape index (κ2) is 10.4. The van der Waals surface area contributed by atoms with Gasteiger partial charge in [-0.05, 0) is 37.7 Å². The molecule has 6 heteroatoms.